The molecule has 0 aliphatic rings. The minimum absolute atomic E-state index is 0.0941. The third kappa shape index (κ3) is 6.61. The van der Waals surface area contributed by atoms with Crippen molar-refractivity contribution in [2.75, 3.05) is 23.7 Å². The van der Waals surface area contributed by atoms with Crippen LogP contribution in [0.5, 0.6) is 0 Å². The number of carbonyl (C=O) groups excluding carboxylic acids is 2. The van der Waals surface area contributed by atoms with Crippen molar-refractivity contribution in [3.8, 4) is 16.9 Å². The number of aromatic nitrogens is 2. The lowest BCUT2D eigenvalue weighted by Crippen LogP contribution is -2.41. The molecule has 0 saturated heterocycles. The van der Waals surface area contributed by atoms with Crippen LogP contribution in [0.4, 0.5) is 16.3 Å². The van der Waals surface area contributed by atoms with Crippen LogP contribution in [0.15, 0.2) is 78.9 Å². The number of nitrogens with zero attached hydrogens (tertiary/aromatic N) is 3. The number of amides is 3. The van der Waals surface area contributed by atoms with Crippen LogP contribution in [0.3, 0.4) is 0 Å². The molecule has 4 rings (SSSR count). The van der Waals surface area contributed by atoms with E-state index in [1.807, 2.05) is 80.6 Å². The van der Waals surface area contributed by atoms with Crippen molar-refractivity contribution in [2.45, 2.75) is 33.6 Å². The molecule has 3 aromatic carbocycles. The van der Waals surface area contributed by atoms with E-state index in [0.29, 0.717) is 23.1 Å². The van der Waals surface area contributed by atoms with Crippen LogP contribution in [-0.2, 0) is 4.79 Å². The molecule has 3 amide bonds. The highest BCUT2D eigenvalue weighted by molar-refractivity contribution is 6.30. The van der Waals surface area contributed by atoms with Gasteiger partial charge in [0.2, 0.25) is 5.91 Å². The molecular formula is C30H32ClN5O2. The molecule has 0 atom stereocenters. The Morgan fingerprint density at radius 2 is 1.68 bits per heavy atom. The first-order chi connectivity index (χ1) is 18.4. The molecule has 0 saturated carbocycles. The van der Waals surface area contributed by atoms with Crippen LogP contribution in [0.2, 0.25) is 5.02 Å². The molecule has 196 valence electrons. The van der Waals surface area contributed by atoms with Gasteiger partial charge in [0.1, 0.15) is 12.4 Å². The summed E-state index contributed by atoms with van der Waals surface area (Å²) in [5.41, 5.74) is 5.22. The Morgan fingerprint density at radius 1 is 0.947 bits per heavy atom. The summed E-state index contributed by atoms with van der Waals surface area (Å²) < 4.78 is 1.67. The van der Waals surface area contributed by atoms with Crippen molar-refractivity contribution in [1.82, 2.24) is 14.7 Å². The van der Waals surface area contributed by atoms with Gasteiger partial charge < -0.3 is 15.5 Å². The highest BCUT2D eigenvalue weighted by Gasteiger charge is 2.20. The van der Waals surface area contributed by atoms with Crippen LogP contribution < -0.4 is 10.6 Å². The molecule has 7 nitrogen and oxygen atoms in total. The Morgan fingerprint density at radius 3 is 2.39 bits per heavy atom. The molecule has 1 aromatic heterocycles. The Kier molecular flexibility index (Phi) is 8.81. The first-order valence-electron chi connectivity index (χ1n) is 12.7. The van der Waals surface area contributed by atoms with E-state index in [2.05, 4.69) is 17.6 Å². The molecule has 0 bridgehead atoms. The summed E-state index contributed by atoms with van der Waals surface area (Å²) in [5, 5.41) is 11.3. The molecule has 0 aliphatic carbocycles. The first-order valence-corrected chi connectivity index (χ1v) is 13.1. The largest absolute Gasteiger partial charge is 0.322 e. The number of nitrogens with one attached hydrogen (secondary N) is 2. The lowest BCUT2D eigenvalue weighted by atomic mass is 10.1. The maximum absolute atomic E-state index is 13.3. The van der Waals surface area contributed by atoms with Crippen LogP contribution in [-0.4, -0.2) is 39.7 Å². The second kappa shape index (κ2) is 12.4. The fraction of sp³-hybridized carbons (Fsp3) is 0.233. The number of rotatable bonds is 9. The number of urea groups is 1. The first kappa shape index (κ1) is 26.9. The molecule has 4 aromatic rings. The van der Waals surface area contributed by atoms with E-state index in [-0.39, 0.29) is 18.5 Å². The minimum Gasteiger partial charge on any atom is -0.315 e. The predicted octanol–water partition coefficient (Wildman–Crippen LogP) is 7.08. The van der Waals surface area contributed by atoms with Gasteiger partial charge in [-0.15, -0.1) is 0 Å². The van der Waals surface area contributed by atoms with Crippen molar-refractivity contribution >= 4 is 35.0 Å². The van der Waals surface area contributed by atoms with E-state index in [0.717, 1.165) is 40.9 Å². The van der Waals surface area contributed by atoms with Gasteiger partial charge in [-0.2, -0.15) is 5.10 Å². The van der Waals surface area contributed by atoms with E-state index in [1.54, 1.807) is 21.7 Å². The zero-order valence-corrected chi connectivity index (χ0v) is 22.6. The Hall–Kier alpha value is -4.10. The number of carbonyl (C=O) groups is 2. The molecule has 8 heteroatoms. The smallest absolute Gasteiger partial charge is 0.315 e. The predicted molar refractivity (Wildman–Crippen MR) is 154 cm³/mol. The summed E-state index contributed by atoms with van der Waals surface area (Å²) in [6.07, 6.45) is 1.69. The van der Waals surface area contributed by atoms with Gasteiger partial charge in [-0.25, -0.2) is 9.48 Å². The second-order valence-electron chi connectivity index (χ2n) is 9.17. The average molecular weight is 530 g/mol. The van der Waals surface area contributed by atoms with Gasteiger partial charge in [-0.1, -0.05) is 67.4 Å². The highest BCUT2D eigenvalue weighted by atomic mass is 35.5. The average Bonchev–Trinajstić information content (AvgIpc) is 3.33. The summed E-state index contributed by atoms with van der Waals surface area (Å²) >= 11 is 6.09. The third-order valence-corrected chi connectivity index (χ3v) is 6.62. The Labute approximate surface area is 228 Å². The molecule has 0 spiro atoms. The van der Waals surface area contributed by atoms with Crippen LogP contribution in [0, 0.1) is 13.8 Å². The van der Waals surface area contributed by atoms with Crippen molar-refractivity contribution in [3.63, 3.8) is 0 Å². The lowest BCUT2D eigenvalue weighted by Gasteiger charge is -2.23. The van der Waals surface area contributed by atoms with Crippen LogP contribution in [0.1, 0.15) is 30.9 Å². The molecule has 1 heterocycles. The quantitative estimate of drug-likeness (QED) is 0.243. The Bertz CT molecular complexity index is 1400. The number of hydrogen-bond acceptors (Lipinski definition) is 3. The lowest BCUT2D eigenvalue weighted by molar-refractivity contribution is -0.116. The van der Waals surface area contributed by atoms with E-state index >= 15 is 0 Å². The summed E-state index contributed by atoms with van der Waals surface area (Å²) in [7, 11) is 0. The van der Waals surface area contributed by atoms with E-state index in [4.69, 9.17) is 16.7 Å². The molecule has 2 N–H and O–H groups in total. The Balaban J connectivity index is 1.56. The zero-order valence-electron chi connectivity index (χ0n) is 21.9. The number of hydrogen-bond donors (Lipinski definition) is 2. The number of aryl methyl sites for hydroxylation is 1. The molecule has 0 fully saturated rings. The van der Waals surface area contributed by atoms with E-state index < -0.39 is 0 Å². The number of halogens is 1. The fourth-order valence-corrected chi connectivity index (χ4v) is 4.16. The standard InChI is InChI=1S/C30H32ClN5O2/c1-4-5-18-35(30(38)32-26-13-9-10-21(2)22(26)3)20-29(37)33-28-19-27(23-11-7-6-8-12-23)34-36(28)25-16-14-24(31)15-17-25/h6-17,19H,4-5,18,20H2,1-3H3,(H,32,38)(H,33,37). The van der Waals surface area contributed by atoms with Gasteiger partial charge in [0, 0.05) is 28.9 Å². The van der Waals surface area contributed by atoms with Crippen molar-refractivity contribution in [3.05, 3.63) is 95.0 Å². The number of anilines is 2. The summed E-state index contributed by atoms with van der Waals surface area (Å²) in [4.78, 5) is 28.0. The monoisotopic (exact) mass is 529 g/mol. The van der Waals surface area contributed by atoms with Gasteiger partial charge in [-0.05, 0) is 61.7 Å². The van der Waals surface area contributed by atoms with Gasteiger partial charge in [0.15, 0.2) is 0 Å². The minimum atomic E-state index is -0.313. The van der Waals surface area contributed by atoms with Gasteiger partial charge in [-0.3, -0.25) is 4.79 Å². The van der Waals surface area contributed by atoms with E-state index in [1.165, 1.54) is 0 Å². The maximum Gasteiger partial charge on any atom is 0.322 e. The highest BCUT2D eigenvalue weighted by Crippen LogP contribution is 2.26. The zero-order chi connectivity index (χ0) is 27.1. The second-order valence-corrected chi connectivity index (χ2v) is 9.61. The molecule has 0 radical (unpaired) electrons. The summed E-state index contributed by atoms with van der Waals surface area (Å²) in [5.74, 6) is 0.188. The van der Waals surface area contributed by atoms with Crippen molar-refractivity contribution < 1.29 is 9.59 Å². The summed E-state index contributed by atoms with van der Waals surface area (Å²) in [6, 6.07) is 24.3. The third-order valence-electron chi connectivity index (χ3n) is 6.37. The maximum atomic E-state index is 13.3. The van der Waals surface area contributed by atoms with Crippen LogP contribution >= 0.6 is 11.6 Å². The topological polar surface area (TPSA) is 79.3 Å². The molecular weight excluding hydrogens is 498 g/mol. The summed E-state index contributed by atoms with van der Waals surface area (Å²) in [6.45, 7) is 6.39. The number of benzene rings is 3. The number of unbranched alkanes of at least 4 members (excludes halogenated alkanes) is 1. The van der Waals surface area contributed by atoms with Gasteiger partial charge >= 0.3 is 6.03 Å². The normalized spacial score (nSPS) is 10.7. The van der Waals surface area contributed by atoms with Gasteiger partial charge in [0.25, 0.3) is 0 Å². The molecule has 0 unspecified atom stereocenters. The molecule has 38 heavy (non-hydrogen) atoms. The van der Waals surface area contributed by atoms with Gasteiger partial charge in [0.05, 0.1) is 11.4 Å². The SMILES string of the molecule is CCCCN(CC(=O)Nc1cc(-c2ccccc2)nn1-c1ccc(Cl)cc1)C(=O)Nc1cccc(C)c1C. The van der Waals surface area contributed by atoms with Crippen molar-refractivity contribution in [1.29, 1.82) is 0 Å². The van der Waals surface area contributed by atoms with E-state index in [9.17, 15) is 9.59 Å². The van der Waals surface area contributed by atoms with Crippen LogP contribution in [0.25, 0.3) is 16.9 Å². The van der Waals surface area contributed by atoms with Crippen molar-refractivity contribution in [2.24, 2.45) is 0 Å². The fourth-order valence-electron chi connectivity index (χ4n) is 4.04. The molecule has 0 aliphatic heterocycles.